The van der Waals surface area contributed by atoms with Gasteiger partial charge in [-0.2, -0.15) is 5.10 Å². The lowest BCUT2D eigenvalue weighted by Gasteiger charge is -2.21. The lowest BCUT2D eigenvalue weighted by atomic mass is 9.98. The number of aromatic nitrogens is 2. The number of carbonyl (C=O) groups excluding carboxylic acids is 2. The van der Waals surface area contributed by atoms with E-state index in [0.29, 0.717) is 18.4 Å². The van der Waals surface area contributed by atoms with E-state index in [1.54, 1.807) is 7.05 Å². The molecule has 1 unspecified atom stereocenters. The molecule has 0 spiro atoms. The van der Waals surface area contributed by atoms with Crippen LogP contribution in [0.15, 0.2) is 60.9 Å². The SMILES string of the molecule is CCC[C@@H](NC(=O)OCC1c2ccccc2-c2ccccc21)C(=O)NC(C(=O)O)c1cnn(C)c1. The number of hydrogen-bond acceptors (Lipinski definition) is 5. The van der Waals surface area contributed by atoms with Crippen LogP contribution in [0.2, 0.25) is 0 Å². The first-order valence-electron chi connectivity index (χ1n) is 11.5. The van der Waals surface area contributed by atoms with Crippen molar-refractivity contribution in [2.75, 3.05) is 6.61 Å². The number of carboxylic acid groups (broad SMARTS) is 1. The van der Waals surface area contributed by atoms with Gasteiger partial charge in [-0.1, -0.05) is 61.9 Å². The van der Waals surface area contributed by atoms with Crippen molar-refractivity contribution in [3.63, 3.8) is 0 Å². The summed E-state index contributed by atoms with van der Waals surface area (Å²) in [5, 5.41) is 18.6. The summed E-state index contributed by atoms with van der Waals surface area (Å²) in [7, 11) is 1.66. The van der Waals surface area contributed by atoms with E-state index in [1.807, 2.05) is 43.3 Å². The average Bonchev–Trinajstić information content (AvgIpc) is 3.41. The van der Waals surface area contributed by atoms with Gasteiger partial charge in [0.25, 0.3) is 0 Å². The molecule has 1 aromatic heterocycles. The monoisotopic (exact) mass is 476 g/mol. The molecule has 1 heterocycles. The first-order chi connectivity index (χ1) is 16.9. The lowest BCUT2D eigenvalue weighted by Crippen LogP contribution is -2.49. The van der Waals surface area contributed by atoms with Crippen molar-refractivity contribution in [3.8, 4) is 11.1 Å². The first kappa shape index (κ1) is 24.0. The summed E-state index contributed by atoms with van der Waals surface area (Å²) in [6.07, 6.45) is 3.11. The third-order valence-electron chi connectivity index (χ3n) is 6.12. The zero-order valence-electron chi connectivity index (χ0n) is 19.6. The number of aryl methyl sites for hydroxylation is 1. The van der Waals surface area contributed by atoms with Gasteiger partial charge in [0, 0.05) is 24.7 Å². The van der Waals surface area contributed by atoms with E-state index in [2.05, 4.69) is 27.9 Å². The molecule has 35 heavy (non-hydrogen) atoms. The van der Waals surface area contributed by atoms with Gasteiger partial charge in [-0.05, 0) is 28.7 Å². The molecule has 0 fully saturated rings. The number of carbonyl (C=O) groups is 3. The largest absolute Gasteiger partial charge is 0.479 e. The molecule has 2 aromatic carbocycles. The first-order valence-corrected chi connectivity index (χ1v) is 11.5. The highest BCUT2D eigenvalue weighted by atomic mass is 16.5. The number of carboxylic acids is 1. The fraction of sp³-hybridized carbons (Fsp3) is 0.308. The van der Waals surface area contributed by atoms with Gasteiger partial charge in [-0.25, -0.2) is 9.59 Å². The molecule has 1 aliphatic carbocycles. The molecule has 182 valence electrons. The number of amides is 2. The second-order valence-electron chi connectivity index (χ2n) is 8.54. The van der Waals surface area contributed by atoms with E-state index < -0.39 is 30.1 Å². The summed E-state index contributed by atoms with van der Waals surface area (Å²) < 4.78 is 7.00. The fourth-order valence-corrected chi connectivity index (χ4v) is 4.46. The molecular formula is C26H28N4O5. The Balaban J connectivity index is 1.41. The number of alkyl carbamates (subject to hydrolysis) is 1. The van der Waals surface area contributed by atoms with Crippen LogP contribution >= 0.6 is 0 Å². The Morgan fingerprint density at radius 2 is 1.69 bits per heavy atom. The lowest BCUT2D eigenvalue weighted by molar-refractivity contribution is -0.142. The second kappa shape index (κ2) is 10.4. The summed E-state index contributed by atoms with van der Waals surface area (Å²) in [5.41, 5.74) is 4.76. The Kier molecular flexibility index (Phi) is 7.14. The summed E-state index contributed by atoms with van der Waals surface area (Å²) in [6.45, 7) is 1.99. The van der Waals surface area contributed by atoms with Gasteiger partial charge in [0.15, 0.2) is 6.04 Å². The summed E-state index contributed by atoms with van der Waals surface area (Å²) in [6, 6.07) is 13.8. The number of aliphatic carboxylic acids is 1. The molecule has 4 rings (SSSR count). The number of ether oxygens (including phenoxy) is 1. The number of rotatable bonds is 9. The van der Waals surface area contributed by atoms with Gasteiger partial charge >= 0.3 is 12.1 Å². The van der Waals surface area contributed by atoms with E-state index >= 15 is 0 Å². The smallest absolute Gasteiger partial charge is 0.407 e. The van der Waals surface area contributed by atoms with E-state index in [1.165, 1.54) is 17.1 Å². The van der Waals surface area contributed by atoms with Crippen molar-refractivity contribution in [2.24, 2.45) is 7.05 Å². The minimum Gasteiger partial charge on any atom is -0.479 e. The van der Waals surface area contributed by atoms with E-state index in [0.717, 1.165) is 22.3 Å². The van der Waals surface area contributed by atoms with E-state index in [9.17, 15) is 19.5 Å². The zero-order chi connectivity index (χ0) is 24.9. The van der Waals surface area contributed by atoms with Crippen molar-refractivity contribution in [2.45, 2.75) is 37.8 Å². The molecule has 3 N–H and O–H groups in total. The van der Waals surface area contributed by atoms with Crippen LogP contribution in [0.25, 0.3) is 11.1 Å². The maximum Gasteiger partial charge on any atom is 0.407 e. The van der Waals surface area contributed by atoms with Gasteiger partial charge in [-0.15, -0.1) is 0 Å². The number of benzene rings is 2. The Morgan fingerprint density at radius 3 is 2.23 bits per heavy atom. The minimum atomic E-state index is -1.28. The van der Waals surface area contributed by atoms with Crippen LogP contribution in [-0.2, 0) is 21.4 Å². The normalized spacial score (nSPS) is 13.9. The molecule has 3 aromatic rings. The predicted molar refractivity (Wildman–Crippen MR) is 129 cm³/mol. The second-order valence-corrected chi connectivity index (χ2v) is 8.54. The Hall–Kier alpha value is -4.14. The predicted octanol–water partition coefficient (Wildman–Crippen LogP) is 3.37. The Bertz CT molecular complexity index is 1190. The van der Waals surface area contributed by atoms with E-state index in [4.69, 9.17) is 4.74 Å². The number of fused-ring (bicyclic) bond motifs is 3. The summed E-state index contributed by atoms with van der Waals surface area (Å²) >= 11 is 0. The molecule has 9 heteroatoms. The van der Waals surface area contributed by atoms with Crippen molar-refractivity contribution >= 4 is 18.0 Å². The number of hydrogen-bond donors (Lipinski definition) is 3. The van der Waals surface area contributed by atoms with Crippen LogP contribution in [0.5, 0.6) is 0 Å². The summed E-state index contributed by atoms with van der Waals surface area (Å²) in [4.78, 5) is 37.3. The van der Waals surface area contributed by atoms with Crippen LogP contribution in [0.1, 0.15) is 48.4 Å². The fourth-order valence-electron chi connectivity index (χ4n) is 4.46. The molecule has 9 nitrogen and oxygen atoms in total. The van der Waals surface area contributed by atoms with Crippen LogP contribution in [0.4, 0.5) is 4.79 Å². The van der Waals surface area contributed by atoms with Gasteiger partial charge < -0.3 is 20.5 Å². The summed E-state index contributed by atoms with van der Waals surface area (Å²) in [5.74, 6) is -1.92. The molecule has 0 radical (unpaired) electrons. The third-order valence-corrected chi connectivity index (χ3v) is 6.12. The topological polar surface area (TPSA) is 123 Å². The van der Waals surface area contributed by atoms with Crippen LogP contribution < -0.4 is 10.6 Å². The van der Waals surface area contributed by atoms with Crippen LogP contribution in [0, 0.1) is 0 Å². The van der Waals surface area contributed by atoms with Gasteiger partial charge in [0.05, 0.1) is 6.20 Å². The molecule has 2 atom stereocenters. The van der Waals surface area contributed by atoms with Gasteiger partial charge in [0.2, 0.25) is 5.91 Å². The highest BCUT2D eigenvalue weighted by molar-refractivity contribution is 5.89. The number of nitrogens with one attached hydrogen (secondary N) is 2. The highest BCUT2D eigenvalue weighted by Gasteiger charge is 2.31. The third kappa shape index (κ3) is 5.18. The zero-order valence-corrected chi connectivity index (χ0v) is 19.6. The van der Waals surface area contributed by atoms with Crippen LogP contribution in [0.3, 0.4) is 0 Å². The maximum absolute atomic E-state index is 12.9. The molecule has 0 saturated carbocycles. The van der Waals surface area contributed by atoms with Crippen molar-refractivity contribution < 1.29 is 24.2 Å². The number of nitrogens with zero attached hydrogens (tertiary/aromatic N) is 2. The van der Waals surface area contributed by atoms with Crippen molar-refractivity contribution in [1.82, 2.24) is 20.4 Å². The maximum atomic E-state index is 12.9. The van der Waals surface area contributed by atoms with Crippen molar-refractivity contribution in [1.29, 1.82) is 0 Å². The molecule has 0 saturated heterocycles. The molecule has 0 bridgehead atoms. The molecule has 2 amide bonds. The van der Waals surface area contributed by atoms with Gasteiger partial charge in [0.1, 0.15) is 12.6 Å². The molecular weight excluding hydrogens is 448 g/mol. The Morgan fingerprint density at radius 1 is 1.06 bits per heavy atom. The van der Waals surface area contributed by atoms with Crippen molar-refractivity contribution in [3.05, 3.63) is 77.6 Å². The Labute approximate surface area is 203 Å². The molecule has 1 aliphatic rings. The minimum absolute atomic E-state index is 0.103. The average molecular weight is 477 g/mol. The quantitative estimate of drug-likeness (QED) is 0.435. The van der Waals surface area contributed by atoms with E-state index in [-0.39, 0.29) is 12.5 Å². The standard InChI is InChI=1S/C26H28N4O5/c1-3-8-22(24(31)29-23(25(32)33)16-13-27-30(2)14-16)28-26(34)35-15-21-19-11-6-4-9-17(19)18-10-5-7-12-20(18)21/h4-7,9-14,21-23H,3,8,15H2,1-2H3,(H,28,34)(H,29,31)(H,32,33)/t22-,23?/m1/s1. The highest BCUT2D eigenvalue weighted by Crippen LogP contribution is 2.44. The van der Waals surface area contributed by atoms with Crippen LogP contribution in [-0.4, -0.2) is 45.5 Å². The van der Waals surface area contributed by atoms with Gasteiger partial charge in [-0.3, -0.25) is 9.48 Å². The molecule has 0 aliphatic heterocycles.